The molecule has 3 rings (SSSR count). The number of carbonyl (C=O) groups is 1. The topological polar surface area (TPSA) is 41.0 Å². The zero-order chi connectivity index (χ0) is 13.6. The van der Waals surface area contributed by atoms with Crippen molar-refractivity contribution in [1.29, 1.82) is 0 Å². The number of likely N-dealkylation sites (N-methyl/N-ethyl adjacent to an activating group) is 1. The summed E-state index contributed by atoms with van der Waals surface area (Å²) in [5.41, 5.74) is 1.59. The van der Waals surface area contributed by atoms with E-state index in [0.717, 1.165) is 11.9 Å². The Kier molecular flexibility index (Phi) is 2.89. The van der Waals surface area contributed by atoms with Gasteiger partial charge in [-0.25, -0.2) is 4.39 Å². The Morgan fingerprint density at radius 1 is 1.47 bits per heavy atom. The monoisotopic (exact) mass is 279 g/mol. The first kappa shape index (κ1) is 12.3. The van der Waals surface area contributed by atoms with Gasteiger partial charge in [0.1, 0.15) is 5.82 Å². The maximum absolute atomic E-state index is 13.2. The highest BCUT2D eigenvalue weighted by Crippen LogP contribution is 2.26. The van der Waals surface area contributed by atoms with Gasteiger partial charge in [0.25, 0.3) is 0 Å². The third kappa shape index (κ3) is 2.06. The van der Waals surface area contributed by atoms with Crippen molar-refractivity contribution in [3.63, 3.8) is 0 Å². The Morgan fingerprint density at radius 3 is 3.00 bits per heavy atom. The molecule has 4 nitrogen and oxygen atoms in total. The van der Waals surface area contributed by atoms with Gasteiger partial charge in [-0.05, 0) is 36.8 Å². The van der Waals surface area contributed by atoms with Gasteiger partial charge in [0, 0.05) is 20.0 Å². The molecule has 0 spiro atoms. The molecule has 1 N–H and O–H groups in total. The Hall–Kier alpha value is -1.69. The predicted molar refractivity (Wildman–Crippen MR) is 73.0 cm³/mol. The smallest absolute Gasteiger partial charge is 0.222 e. The molecule has 19 heavy (non-hydrogen) atoms. The summed E-state index contributed by atoms with van der Waals surface area (Å²) in [6.07, 6.45) is 1.29. The fourth-order valence-corrected chi connectivity index (χ4v) is 3.02. The molecule has 1 aromatic heterocycles. The number of H-pyrrole nitrogens is 1. The minimum absolute atomic E-state index is 0.148. The highest BCUT2D eigenvalue weighted by Gasteiger charge is 2.25. The molecule has 1 aliphatic heterocycles. The standard InChI is InChI=1S/C13H14FN3OS/c1-16-7-9(3-5-12(16)18)17-11-4-2-8(14)6-10(11)15-13(17)19/h2,4,6,9H,3,5,7H2,1H3,(H,15,19). The first-order valence-corrected chi connectivity index (χ1v) is 6.61. The number of fused-ring (bicyclic) bond motifs is 1. The van der Waals surface area contributed by atoms with Crippen LogP contribution in [0, 0.1) is 10.6 Å². The zero-order valence-corrected chi connectivity index (χ0v) is 11.3. The van der Waals surface area contributed by atoms with Crippen molar-refractivity contribution in [3.05, 3.63) is 28.8 Å². The van der Waals surface area contributed by atoms with Crippen LogP contribution in [0.3, 0.4) is 0 Å². The molecule has 1 fully saturated rings. The average molecular weight is 279 g/mol. The van der Waals surface area contributed by atoms with Crippen LogP contribution in [0.1, 0.15) is 18.9 Å². The number of amides is 1. The molecular formula is C13H14FN3OS. The van der Waals surface area contributed by atoms with Gasteiger partial charge in [0.15, 0.2) is 4.77 Å². The summed E-state index contributed by atoms with van der Waals surface area (Å²) >= 11 is 5.33. The van der Waals surface area contributed by atoms with Crippen LogP contribution in [0.2, 0.25) is 0 Å². The van der Waals surface area contributed by atoms with E-state index < -0.39 is 0 Å². The van der Waals surface area contributed by atoms with Crippen molar-refractivity contribution in [2.24, 2.45) is 0 Å². The number of aromatic amines is 1. The van der Waals surface area contributed by atoms with Crippen LogP contribution in [0.25, 0.3) is 11.0 Å². The largest absolute Gasteiger partial charge is 0.344 e. The third-order valence-corrected chi connectivity index (χ3v) is 3.94. The maximum atomic E-state index is 13.2. The van der Waals surface area contributed by atoms with E-state index in [-0.39, 0.29) is 17.8 Å². The van der Waals surface area contributed by atoms with E-state index in [4.69, 9.17) is 12.2 Å². The van der Waals surface area contributed by atoms with Gasteiger partial charge in [-0.1, -0.05) is 0 Å². The number of aromatic nitrogens is 2. The Labute approximate surface area is 114 Å². The van der Waals surface area contributed by atoms with Crippen LogP contribution in [-0.4, -0.2) is 34.0 Å². The summed E-state index contributed by atoms with van der Waals surface area (Å²) in [6, 6.07) is 4.75. The van der Waals surface area contributed by atoms with Gasteiger partial charge in [0.05, 0.1) is 17.1 Å². The molecule has 0 aliphatic carbocycles. The summed E-state index contributed by atoms with van der Waals surface area (Å²) in [6.45, 7) is 0.636. The van der Waals surface area contributed by atoms with E-state index in [2.05, 4.69) is 4.98 Å². The number of imidazole rings is 1. The lowest BCUT2D eigenvalue weighted by Crippen LogP contribution is -2.37. The molecule has 0 saturated carbocycles. The Morgan fingerprint density at radius 2 is 2.26 bits per heavy atom. The predicted octanol–water partition coefficient (Wildman–Crippen LogP) is 2.63. The molecule has 2 heterocycles. The quantitative estimate of drug-likeness (QED) is 0.815. The van der Waals surface area contributed by atoms with Crippen LogP contribution < -0.4 is 0 Å². The molecule has 0 radical (unpaired) electrons. The highest BCUT2D eigenvalue weighted by molar-refractivity contribution is 7.71. The number of carbonyl (C=O) groups excluding carboxylic acids is 1. The van der Waals surface area contributed by atoms with Crippen LogP contribution in [0.5, 0.6) is 0 Å². The number of likely N-dealkylation sites (tertiary alicyclic amines) is 1. The van der Waals surface area contributed by atoms with Gasteiger partial charge in [-0.2, -0.15) is 0 Å². The number of halogens is 1. The van der Waals surface area contributed by atoms with E-state index in [1.165, 1.54) is 12.1 Å². The van der Waals surface area contributed by atoms with Gasteiger partial charge in [0.2, 0.25) is 5.91 Å². The SMILES string of the molecule is CN1CC(n2c(=S)[nH]c3cc(F)ccc32)CCC1=O. The van der Waals surface area contributed by atoms with Crippen molar-refractivity contribution in [2.75, 3.05) is 13.6 Å². The second-order valence-electron chi connectivity index (χ2n) is 4.93. The van der Waals surface area contributed by atoms with Crippen molar-refractivity contribution in [2.45, 2.75) is 18.9 Å². The third-order valence-electron chi connectivity index (χ3n) is 3.65. The molecule has 1 aromatic carbocycles. The lowest BCUT2D eigenvalue weighted by Gasteiger charge is -2.30. The van der Waals surface area contributed by atoms with Crippen LogP contribution >= 0.6 is 12.2 Å². The lowest BCUT2D eigenvalue weighted by atomic mass is 10.1. The normalized spacial score (nSPS) is 20.2. The molecule has 2 aromatic rings. The zero-order valence-electron chi connectivity index (χ0n) is 10.5. The van der Waals surface area contributed by atoms with E-state index in [0.29, 0.717) is 23.3 Å². The molecule has 1 unspecified atom stereocenters. The number of piperidine rings is 1. The summed E-state index contributed by atoms with van der Waals surface area (Å²) in [7, 11) is 1.80. The van der Waals surface area contributed by atoms with E-state index in [1.54, 1.807) is 18.0 Å². The van der Waals surface area contributed by atoms with Crippen LogP contribution in [0.15, 0.2) is 18.2 Å². The number of benzene rings is 1. The van der Waals surface area contributed by atoms with Gasteiger partial charge >= 0.3 is 0 Å². The summed E-state index contributed by atoms with van der Waals surface area (Å²) in [4.78, 5) is 16.3. The first-order valence-electron chi connectivity index (χ1n) is 6.20. The summed E-state index contributed by atoms with van der Waals surface area (Å²) in [5.74, 6) is -0.125. The van der Waals surface area contributed by atoms with Crippen molar-refractivity contribution in [3.8, 4) is 0 Å². The van der Waals surface area contributed by atoms with Crippen molar-refractivity contribution in [1.82, 2.24) is 14.5 Å². The fraction of sp³-hybridized carbons (Fsp3) is 0.385. The van der Waals surface area contributed by atoms with E-state index >= 15 is 0 Å². The van der Waals surface area contributed by atoms with Crippen molar-refractivity contribution < 1.29 is 9.18 Å². The van der Waals surface area contributed by atoms with Crippen molar-refractivity contribution >= 4 is 29.2 Å². The molecule has 6 heteroatoms. The van der Waals surface area contributed by atoms with E-state index in [1.807, 2.05) is 4.57 Å². The minimum atomic E-state index is -0.285. The molecule has 100 valence electrons. The molecule has 1 atom stereocenters. The Balaban J connectivity index is 2.08. The van der Waals surface area contributed by atoms with Crippen LogP contribution in [0.4, 0.5) is 4.39 Å². The molecular weight excluding hydrogens is 265 g/mol. The van der Waals surface area contributed by atoms with Gasteiger partial charge in [-0.3, -0.25) is 4.79 Å². The number of nitrogens with one attached hydrogen (secondary N) is 1. The maximum Gasteiger partial charge on any atom is 0.222 e. The molecule has 1 amide bonds. The number of hydrogen-bond acceptors (Lipinski definition) is 2. The van der Waals surface area contributed by atoms with E-state index in [9.17, 15) is 9.18 Å². The van der Waals surface area contributed by atoms with Crippen LogP contribution in [-0.2, 0) is 4.79 Å². The number of hydrogen-bond donors (Lipinski definition) is 1. The molecule has 0 bridgehead atoms. The molecule has 1 saturated heterocycles. The Bertz CT molecular complexity index is 705. The molecule has 1 aliphatic rings. The number of nitrogens with zero attached hydrogens (tertiary/aromatic N) is 2. The first-order chi connectivity index (χ1) is 9.06. The minimum Gasteiger partial charge on any atom is -0.344 e. The van der Waals surface area contributed by atoms with Gasteiger partial charge in [-0.15, -0.1) is 0 Å². The fourth-order valence-electron chi connectivity index (χ4n) is 2.67. The summed E-state index contributed by atoms with van der Waals surface area (Å²) < 4.78 is 15.8. The van der Waals surface area contributed by atoms with Gasteiger partial charge < -0.3 is 14.5 Å². The highest BCUT2D eigenvalue weighted by atomic mass is 32.1. The second kappa shape index (κ2) is 4.45. The second-order valence-corrected chi connectivity index (χ2v) is 5.32. The number of rotatable bonds is 1. The lowest BCUT2D eigenvalue weighted by molar-refractivity contribution is -0.132. The summed E-state index contributed by atoms with van der Waals surface area (Å²) in [5, 5.41) is 0. The average Bonchev–Trinajstić information content (AvgIpc) is 2.68.